The second kappa shape index (κ2) is 6.32. The van der Waals surface area contributed by atoms with Crippen LogP contribution < -0.4 is 4.72 Å². The van der Waals surface area contributed by atoms with Crippen molar-refractivity contribution in [3.8, 4) is 6.07 Å². The van der Waals surface area contributed by atoms with Gasteiger partial charge in [-0.25, -0.2) is 13.1 Å². The third kappa shape index (κ3) is 3.55. The molecule has 7 heteroatoms. The molecule has 4 atom stereocenters. The predicted octanol–water partition coefficient (Wildman–Crippen LogP) is 1.73. The van der Waals surface area contributed by atoms with Gasteiger partial charge in [0, 0.05) is 6.04 Å². The van der Waals surface area contributed by atoms with Crippen molar-refractivity contribution in [2.24, 2.45) is 17.3 Å². The molecule has 0 aromatic carbocycles. The first-order valence-corrected chi connectivity index (χ1v) is 8.76. The number of nitrogens with zero attached hydrogens (tertiary/aromatic N) is 1. The van der Waals surface area contributed by atoms with Crippen LogP contribution in [0.3, 0.4) is 0 Å². The number of carboxylic acids is 1. The molecule has 1 aliphatic rings. The summed E-state index contributed by atoms with van der Waals surface area (Å²) in [7, 11) is -3.70. The average molecular weight is 316 g/mol. The number of rotatable bonds is 5. The van der Waals surface area contributed by atoms with E-state index in [-0.39, 0.29) is 18.4 Å². The van der Waals surface area contributed by atoms with Gasteiger partial charge in [-0.2, -0.15) is 5.26 Å². The topological polar surface area (TPSA) is 107 Å². The van der Waals surface area contributed by atoms with Crippen LogP contribution in [0.1, 0.15) is 47.0 Å². The molecule has 0 radical (unpaired) electrons. The third-order valence-corrected chi connectivity index (χ3v) is 6.76. The lowest BCUT2D eigenvalue weighted by molar-refractivity contribution is -0.150. The van der Waals surface area contributed by atoms with E-state index in [9.17, 15) is 18.3 Å². The van der Waals surface area contributed by atoms with Gasteiger partial charge in [0.2, 0.25) is 10.0 Å². The van der Waals surface area contributed by atoms with Crippen LogP contribution in [0.5, 0.6) is 0 Å². The minimum absolute atomic E-state index is 0.127. The third-order valence-electron chi connectivity index (χ3n) is 4.94. The molecule has 0 aromatic rings. The highest BCUT2D eigenvalue weighted by atomic mass is 32.2. The molecule has 120 valence electrons. The number of nitrogens with one attached hydrogen (secondary N) is 1. The lowest BCUT2D eigenvalue weighted by atomic mass is 9.61. The fourth-order valence-corrected chi connectivity index (χ4v) is 4.57. The van der Waals surface area contributed by atoms with E-state index in [1.165, 1.54) is 0 Å². The Morgan fingerprint density at radius 1 is 1.48 bits per heavy atom. The molecule has 21 heavy (non-hydrogen) atoms. The standard InChI is InChI=1S/C14H24N2O4S/c1-5-10(8-15)21(19,20)16-12-7-6-11(13(17)18)14(3,4)9(12)2/h9-12,16H,5-7H2,1-4H3,(H,17,18). The summed E-state index contributed by atoms with van der Waals surface area (Å²) in [5, 5.41) is 17.2. The van der Waals surface area contributed by atoms with Crippen molar-refractivity contribution in [2.45, 2.75) is 58.2 Å². The fraction of sp³-hybridized carbons (Fsp3) is 0.857. The Hall–Kier alpha value is -1.13. The van der Waals surface area contributed by atoms with E-state index in [4.69, 9.17) is 5.26 Å². The summed E-state index contributed by atoms with van der Waals surface area (Å²) in [5.41, 5.74) is -0.508. The van der Waals surface area contributed by atoms with Gasteiger partial charge < -0.3 is 5.11 Å². The summed E-state index contributed by atoms with van der Waals surface area (Å²) < 4.78 is 27.0. The van der Waals surface area contributed by atoms with Gasteiger partial charge in [0.05, 0.1) is 12.0 Å². The SMILES string of the molecule is CCC(C#N)S(=O)(=O)NC1CCC(C(=O)O)C(C)(C)C1C. The maximum Gasteiger partial charge on any atom is 0.307 e. The van der Waals surface area contributed by atoms with Crippen molar-refractivity contribution < 1.29 is 18.3 Å². The summed E-state index contributed by atoms with van der Waals surface area (Å²) in [4.78, 5) is 11.3. The minimum atomic E-state index is -3.70. The Balaban J connectivity index is 2.94. The van der Waals surface area contributed by atoms with Crippen LogP contribution in [0.15, 0.2) is 0 Å². The molecule has 0 saturated heterocycles. The van der Waals surface area contributed by atoms with E-state index in [1.54, 1.807) is 13.0 Å². The van der Waals surface area contributed by atoms with E-state index >= 15 is 0 Å². The monoisotopic (exact) mass is 316 g/mol. The number of carboxylic acid groups (broad SMARTS) is 1. The van der Waals surface area contributed by atoms with Gasteiger partial charge in [-0.1, -0.05) is 27.7 Å². The minimum Gasteiger partial charge on any atom is -0.481 e. The molecule has 6 nitrogen and oxygen atoms in total. The first-order valence-electron chi connectivity index (χ1n) is 7.21. The zero-order valence-electron chi connectivity index (χ0n) is 13.0. The van der Waals surface area contributed by atoms with Gasteiger partial charge in [0.25, 0.3) is 0 Å². The van der Waals surface area contributed by atoms with Crippen molar-refractivity contribution in [3.63, 3.8) is 0 Å². The van der Waals surface area contributed by atoms with E-state index < -0.39 is 32.6 Å². The molecule has 4 unspecified atom stereocenters. The average Bonchev–Trinajstić information content (AvgIpc) is 2.35. The lowest BCUT2D eigenvalue weighted by Gasteiger charge is -2.46. The molecule has 0 aliphatic heterocycles. The zero-order chi connectivity index (χ0) is 16.4. The number of hydrogen-bond donors (Lipinski definition) is 2. The van der Waals surface area contributed by atoms with Crippen molar-refractivity contribution >= 4 is 16.0 Å². The molecule has 1 saturated carbocycles. The number of carbonyl (C=O) groups is 1. The predicted molar refractivity (Wildman–Crippen MR) is 78.8 cm³/mol. The molecule has 1 aliphatic carbocycles. The van der Waals surface area contributed by atoms with E-state index in [1.807, 2.05) is 20.8 Å². The lowest BCUT2D eigenvalue weighted by Crippen LogP contribution is -2.53. The summed E-state index contributed by atoms with van der Waals surface area (Å²) in [6, 6.07) is 1.47. The summed E-state index contributed by atoms with van der Waals surface area (Å²) in [5.74, 6) is -1.44. The van der Waals surface area contributed by atoms with Gasteiger partial charge in [-0.15, -0.1) is 0 Å². The molecule has 0 spiro atoms. The Morgan fingerprint density at radius 2 is 2.05 bits per heavy atom. The molecule has 0 amide bonds. The van der Waals surface area contributed by atoms with Crippen LogP contribution in [-0.2, 0) is 14.8 Å². The van der Waals surface area contributed by atoms with Crippen LogP contribution in [0.25, 0.3) is 0 Å². The second-order valence-corrected chi connectivity index (χ2v) is 8.27. The highest BCUT2D eigenvalue weighted by Gasteiger charge is 2.47. The summed E-state index contributed by atoms with van der Waals surface area (Å²) in [6.45, 7) is 7.24. The maximum absolute atomic E-state index is 12.2. The van der Waals surface area contributed by atoms with Gasteiger partial charge in [0.15, 0.2) is 5.25 Å². The molecule has 2 N–H and O–H groups in total. The Labute approximate surface area is 126 Å². The molecular formula is C14H24N2O4S. The molecule has 0 bridgehead atoms. The fourth-order valence-electron chi connectivity index (χ4n) is 3.08. The van der Waals surface area contributed by atoms with E-state index in [0.29, 0.717) is 12.8 Å². The molecule has 0 aromatic heterocycles. The van der Waals surface area contributed by atoms with Crippen molar-refractivity contribution in [1.82, 2.24) is 4.72 Å². The first-order chi connectivity index (χ1) is 9.57. The van der Waals surface area contributed by atoms with Crippen LogP contribution in [0, 0.1) is 28.6 Å². The largest absolute Gasteiger partial charge is 0.481 e. The van der Waals surface area contributed by atoms with Crippen LogP contribution in [0.2, 0.25) is 0 Å². The number of nitriles is 1. The van der Waals surface area contributed by atoms with Crippen LogP contribution >= 0.6 is 0 Å². The molecule has 0 heterocycles. The highest BCUT2D eigenvalue weighted by molar-refractivity contribution is 7.90. The number of hydrogen-bond acceptors (Lipinski definition) is 4. The molecule has 1 fully saturated rings. The van der Waals surface area contributed by atoms with Crippen molar-refractivity contribution in [3.05, 3.63) is 0 Å². The Kier molecular flexibility index (Phi) is 5.40. The van der Waals surface area contributed by atoms with Gasteiger partial charge in [-0.05, 0) is 30.6 Å². The van der Waals surface area contributed by atoms with Gasteiger partial charge >= 0.3 is 5.97 Å². The Morgan fingerprint density at radius 3 is 2.48 bits per heavy atom. The van der Waals surface area contributed by atoms with Gasteiger partial charge in [-0.3, -0.25) is 4.79 Å². The highest BCUT2D eigenvalue weighted by Crippen LogP contribution is 2.45. The summed E-state index contributed by atoms with van der Waals surface area (Å²) in [6.07, 6.45) is 1.14. The number of aliphatic carboxylic acids is 1. The first kappa shape index (κ1) is 17.9. The van der Waals surface area contributed by atoms with E-state index in [0.717, 1.165) is 0 Å². The normalized spacial score (nSPS) is 30.3. The smallest absolute Gasteiger partial charge is 0.307 e. The Bertz CT molecular complexity index is 536. The second-order valence-electron chi connectivity index (χ2n) is 6.37. The summed E-state index contributed by atoms with van der Waals surface area (Å²) >= 11 is 0. The quantitative estimate of drug-likeness (QED) is 0.803. The van der Waals surface area contributed by atoms with Crippen molar-refractivity contribution in [1.29, 1.82) is 5.26 Å². The number of sulfonamides is 1. The maximum atomic E-state index is 12.2. The van der Waals surface area contributed by atoms with Crippen LogP contribution in [0.4, 0.5) is 0 Å². The van der Waals surface area contributed by atoms with Crippen LogP contribution in [-0.4, -0.2) is 30.8 Å². The molecule has 1 rings (SSSR count). The van der Waals surface area contributed by atoms with E-state index in [2.05, 4.69) is 4.72 Å². The van der Waals surface area contributed by atoms with Crippen molar-refractivity contribution in [2.75, 3.05) is 0 Å². The van der Waals surface area contributed by atoms with Gasteiger partial charge in [0.1, 0.15) is 0 Å². The molecular weight excluding hydrogens is 292 g/mol. The zero-order valence-corrected chi connectivity index (χ0v) is 13.8.